The molecule has 21 heavy (non-hydrogen) atoms. The maximum absolute atomic E-state index is 5.59. The molecular weight excluding hydrogens is 258 g/mol. The van der Waals surface area contributed by atoms with E-state index in [0.29, 0.717) is 6.04 Å². The summed E-state index contributed by atoms with van der Waals surface area (Å²) in [4.78, 5) is 0. The summed E-state index contributed by atoms with van der Waals surface area (Å²) in [5.41, 5.74) is 2.64. The molecule has 0 aromatic heterocycles. The second-order valence-corrected chi connectivity index (χ2v) is 6.58. The number of aryl methyl sites for hydroxylation is 1. The first-order valence-corrected chi connectivity index (χ1v) is 8.51. The largest absolute Gasteiger partial charge is 0.496 e. The summed E-state index contributed by atoms with van der Waals surface area (Å²) in [6, 6.07) is 6.95. The Hall–Kier alpha value is -1.02. The molecule has 1 aromatic rings. The molecular formula is C19H31NO. The van der Waals surface area contributed by atoms with Gasteiger partial charge >= 0.3 is 0 Å². The zero-order valence-corrected chi connectivity index (χ0v) is 14.1. The molecule has 2 heteroatoms. The van der Waals surface area contributed by atoms with Crippen LogP contribution in [0.25, 0.3) is 0 Å². The second-order valence-electron chi connectivity index (χ2n) is 6.58. The predicted octanol–water partition coefficient (Wildman–Crippen LogP) is 4.87. The van der Waals surface area contributed by atoms with Crippen molar-refractivity contribution in [3.63, 3.8) is 0 Å². The number of benzene rings is 1. The van der Waals surface area contributed by atoms with Crippen LogP contribution in [0.2, 0.25) is 0 Å². The molecule has 0 amide bonds. The first-order valence-electron chi connectivity index (χ1n) is 8.51. The highest BCUT2D eigenvalue weighted by molar-refractivity contribution is 5.39. The molecule has 1 aliphatic carbocycles. The number of hydrogen-bond acceptors (Lipinski definition) is 2. The molecule has 1 unspecified atom stereocenters. The Morgan fingerprint density at radius 2 is 1.95 bits per heavy atom. The lowest BCUT2D eigenvalue weighted by Crippen LogP contribution is -2.29. The molecule has 0 aliphatic heterocycles. The van der Waals surface area contributed by atoms with Crippen molar-refractivity contribution in [2.24, 2.45) is 11.8 Å². The zero-order valence-electron chi connectivity index (χ0n) is 14.1. The van der Waals surface area contributed by atoms with Crippen LogP contribution in [0.5, 0.6) is 5.75 Å². The first kappa shape index (κ1) is 16.4. The Labute approximate surface area is 130 Å². The van der Waals surface area contributed by atoms with E-state index in [1.54, 1.807) is 7.11 Å². The van der Waals surface area contributed by atoms with Crippen molar-refractivity contribution in [1.29, 1.82) is 0 Å². The Morgan fingerprint density at radius 1 is 1.24 bits per heavy atom. The minimum atomic E-state index is 0.419. The first-order chi connectivity index (χ1) is 10.2. The van der Waals surface area contributed by atoms with Gasteiger partial charge in [0.05, 0.1) is 7.11 Å². The van der Waals surface area contributed by atoms with Gasteiger partial charge < -0.3 is 10.1 Å². The topological polar surface area (TPSA) is 21.3 Å². The van der Waals surface area contributed by atoms with Crippen molar-refractivity contribution < 1.29 is 4.74 Å². The van der Waals surface area contributed by atoms with Crippen molar-refractivity contribution in [3.8, 4) is 5.75 Å². The standard InChI is InChI=1S/C19H31NO/c1-5-6-15-8-10-16(11-9-15)19(20-3)17-13-14(2)7-12-18(17)21-4/h7,12-13,15-16,19-20H,5-6,8-11H2,1-4H3. The van der Waals surface area contributed by atoms with Crippen molar-refractivity contribution in [3.05, 3.63) is 29.3 Å². The Morgan fingerprint density at radius 3 is 2.52 bits per heavy atom. The van der Waals surface area contributed by atoms with E-state index in [4.69, 9.17) is 4.74 Å². The van der Waals surface area contributed by atoms with E-state index in [-0.39, 0.29) is 0 Å². The summed E-state index contributed by atoms with van der Waals surface area (Å²) in [5, 5.41) is 3.56. The van der Waals surface area contributed by atoms with E-state index in [0.717, 1.165) is 17.6 Å². The molecule has 0 spiro atoms. The zero-order chi connectivity index (χ0) is 15.2. The summed E-state index contributed by atoms with van der Waals surface area (Å²) >= 11 is 0. The van der Waals surface area contributed by atoms with Gasteiger partial charge in [0.1, 0.15) is 5.75 Å². The molecule has 0 saturated heterocycles. The SMILES string of the molecule is CCCC1CCC(C(NC)c2cc(C)ccc2OC)CC1. The third-order valence-corrected chi connectivity index (χ3v) is 5.09. The smallest absolute Gasteiger partial charge is 0.123 e. The molecule has 2 rings (SSSR count). The van der Waals surface area contributed by atoms with E-state index in [2.05, 4.69) is 44.4 Å². The third kappa shape index (κ3) is 4.00. The van der Waals surface area contributed by atoms with Gasteiger partial charge in [0.2, 0.25) is 0 Å². The van der Waals surface area contributed by atoms with Gasteiger partial charge in [0.15, 0.2) is 0 Å². The van der Waals surface area contributed by atoms with Crippen LogP contribution in [0.15, 0.2) is 18.2 Å². The molecule has 1 aliphatic rings. The Bertz CT molecular complexity index is 435. The van der Waals surface area contributed by atoms with Gasteiger partial charge in [-0.15, -0.1) is 0 Å². The fourth-order valence-corrected chi connectivity index (χ4v) is 3.96. The molecule has 0 heterocycles. The van der Waals surface area contributed by atoms with E-state index in [9.17, 15) is 0 Å². The number of nitrogens with one attached hydrogen (secondary N) is 1. The van der Waals surface area contributed by atoms with Crippen molar-refractivity contribution in [2.75, 3.05) is 14.2 Å². The van der Waals surface area contributed by atoms with Crippen LogP contribution in [-0.4, -0.2) is 14.2 Å². The van der Waals surface area contributed by atoms with Gasteiger partial charge in [-0.05, 0) is 44.7 Å². The fraction of sp³-hybridized carbons (Fsp3) is 0.684. The summed E-state index contributed by atoms with van der Waals surface area (Å²) in [7, 11) is 3.86. The normalized spacial score (nSPS) is 23.8. The lowest BCUT2D eigenvalue weighted by molar-refractivity contribution is 0.217. The molecule has 1 N–H and O–H groups in total. The Kier molecular flexibility index (Phi) is 6.10. The molecule has 0 bridgehead atoms. The van der Waals surface area contributed by atoms with Crippen LogP contribution >= 0.6 is 0 Å². The van der Waals surface area contributed by atoms with Gasteiger partial charge in [-0.3, -0.25) is 0 Å². The number of methoxy groups -OCH3 is 1. The van der Waals surface area contributed by atoms with E-state index >= 15 is 0 Å². The Balaban J connectivity index is 2.12. The molecule has 1 atom stereocenters. The van der Waals surface area contributed by atoms with Crippen LogP contribution in [0, 0.1) is 18.8 Å². The maximum atomic E-state index is 5.59. The van der Waals surface area contributed by atoms with Gasteiger partial charge in [0.25, 0.3) is 0 Å². The number of rotatable bonds is 6. The van der Waals surface area contributed by atoms with Crippen molar-refractivity contribution in [2.45, 2.75) is 58.4 Å². The highest BCUT2D eigenvalue weighted by atomic mass is 16.5. The molecule has 1 fully saturated rings. The maximum Gasteiger partial charge on any atom is 0.123 e. The summed E-state index contributed by atoms with van der Waals surface area (Å²) in [5.74, 6) is 2.72. The minimum Gasteiger partial charge on any atom is -0.496 e. The lowest BCUT2D eigenvalue weighted by Gasteiger charge is -2.34. The minimum absolute atomic E-state index is 0.419. The monoisotopic (exact) mass is 289 g/mol. The second kappa shape index (κ2) is 7.84. The van der Waals surface area contributed by atoms with Gasteiger partial charge in [-0.25, -0.2) is 0 Å². The number of hydrogen-bond donors (Lipinski definition) is 1. The fourth-order valence-electron chi connectivity index (χ4n) is 3.96. The average Bonchev–Trinajstić information content (AvgIpc) is 2.50. The average molecular weight is 289 g/mol. The predicted molar refractivity (Wildman–Crippen MR) is 89.9 cm³/mol. The van der Waals surface area contributed by atoms with Crippen molar-refractivity contribution in [1.82, 2.24) is 5.32 Å². The van der Waals surface area contributed by atoms with Crippen LogP contribution in [0.1, 0.15) is 62.6 Å². The molecule has 1 saturated carbocycles. The highest BCUT2D eigenvalue weighted by Gasteiger charge is 2.29. The van der Waals surface area contributed by atoms with Crippen LogP contribution in [0.4, 0.5) is 0 Å². The van der Waals surface area contributed by atoms with Gasteiger partial charge in [-0.1, -0.05) is 50.3 Å². The van der Waals surface area contributed by atoms with Crippen LogP contribution < -0.4 is 10.1 Å². The lowest BCUT2D eigenvalue weighted by atomic mass is 9.75. The molecule has 0 radical (unpaired) electrons. The quantitative estimate of drug-likeness (QED) is 0.806. The highest BCUT2D eigenvalue weighted by Crippen LogP contribution is 2.40. The molecule has 118 valence electrons. The molecule has 1 aromatic carbocycles. The number of ether oxygens (including phenoxy) is 1. The van der Waals surface area contributed by atoms with Crippen LogP contribution in [-0.2, 0) is 0 Å². The van der Waals surface area contributed by atoms with Crippen LogP contribution in [0.3, 0.4) is 0 Å². The van der Waals surface area contributed by atoms with Crippen molar-refractivity contribution >= 4 is 0 Å². The summed E-state index contributed by atoms with van der Waals surface area (Å²) in [6.07, 6.45) is 8.21. The van der Waals surface area contributed by atoms with Gasteiger partial charge in [-0.2, -0.15) is 0 Å². The van der Waals surface area contributed by atoms with E-state index < -0.39 is 0 Å². The third-order valence-electron chi connectivity index (χ3n) is 5.09. The van der Waals surface area contributed by atoms with E-state index in [1.165, 1.54) is 49.7 Å². The summed E-state index contributed by atoms with van der Waals surface area (Å²) < 4.78 is 5.59. The summed E-state index contributed by atoms with van der Waals surface area (Å²) in [6.45, 7) is 4.47. The molecule has 2 nitrogen and oxygen atoms in total. The van der Waals surface area contributed by atoms with E-state index in [1.807, 2.05) is 0 Å². The van der Waals surface area contributed by atoms with Gasteiger partial charge in [0, 0.05) is 11.6 Å².